The molecule has 1 spiro atoms. The Morgan fingerprint density at radius 1 is 1.00 bits per heavy atom. The predicted molar refractivity (Wildman–Crippen MR) is 124 cm³/mol. The zero-order valence-corrected chi connectivity index (χ0v) is 17.2. The Hall–Kier alpha value is -3.65. The molecule has 8 heteroatoms. The van der Waals surface area contributed by atoms with Crippen molar-refractivity contribution < 1.29 is 4.92 Å². The molecule has 0 saturated carbocycles. The second kappa shape index (κ2) is 6.68. The van der Waals surface area contributed by atoms with Crippen LogP contribution in [0.25, 0.3) is 0 Å². The molecular weight excluding hydrogens is 410 g/mol. The number of rotatable bonds is 2. The highest BCUT2D eigenvalue weighted by Gasteiger charge is 2.49. The van der Waals surface area contributed by atoms with Gasteiger partial charge < -0.3 is 10.2 Å². The number of hydrogen-bond acceptors (Lipinski definition) is 6. The van der Waals surface area contributed by atoms with Crippen LogP contribution in [0.4, 0.5) is 22.7 Å². The Morgan fingerprint density at radius 2 is 1.65 bits per heavy atom. The van der Waals surface area contributed by atoms with Crippen molar-refractivity contribution in [3.63, 3.8) is 0 Å². The highest BCUT2D eigenvalue weighted by atomic mass is 32.2. The first kappa shape index (κ1) is 18.1. The van der Waals surface area contributed by atoms with Gasteiger partial charge in [-0.3, -0.25) is 15.1 Å². The Bertz CT molecular complexity index is 1240. The molecule has 0 bridgehead atoms. The molecule has 0 unspecified atom stereocenters. The number of nitrogens with zero attached hydrogens (tertiary/aromatic N) is 4. The second-order valence-corrected chi connectivity index (χ2v) is 8.59. The summed E-state index contributed by atoms with van der Waals surface area (Å²) in [6.07, 6.45) is 0. The summed E-state index contributed by atoms with van der Waals surface area (Å²) < 4.78 is 0. The standard InChI is InChI=1S/C23H17N5O2S/c29-28(30)16-11-9-15(10-12-16)24-22-27-14-23(26-21(27)13-31-22)17-5-1-3-7-19(17)25-20-8-4-2-6-18(20)23/h1-12,25H,13-14H2. The fraction of sp³-hybridized carbons (Fsp3) is 0.130. The van der Waals surface area contributed by atoms with Crippen molar-refractivity contribution in [1.29, 1.82) is 0 Å². The third-order valence-electron chi connectivity index (χ3n) is 5.88. The Kier molecular flexibility index (Phi) is 3.91. The third-order valence-corrected chi connectivity index (χ3v) is 6.85. The molecule has 3 heterocycles. The smallest absolute Gasteiger partial charge is 0.269 e. The van der Waals surface area contributed by atoms with Gasteiger partial charge in [-0.2, -0.15) is 0 Å². The number of thioether (sulfide) groups is 1. The number of amidine groups is 2. The first-order chi connectivity index (χ1) is 15.1. The van der Waals surface area contributed by atoms with Gasteiger partial charge in [0, 0.05) is 34.6 Å². The van der Waals surface area contributed by atoms with Gasteiger partial charge in [0.05, 0.1) is 22.9 Å². The molecule has 1 saturated heterocycles. The molecule has 0 atom stereocenters. The molecular formula is C23H17N5O2S. The molecule has 0 aromatic heterocycles. The van der Waals surface area contributed by atoms with Gasteiger partial charge in [-0.15, -0.1) is 0 Å². The van der Waals surface area contributed by atoms with E-state index in [0.717, 1.165) is 39.3 Å². The fourth-order valence-corrected chi connectivity index (χ4v) is 5.44. The molecule has 1 fully saturated rings. The average molecular weight is 427 g/mol. The number of aliphatic imine (C=N–C) groups is 2. The summed E-state index contributed by atoms with van der Waals surface area (Å²) in [6.45, 7) is 0.677. The van der Waals surface area contributed by atoms with Gasteiger partial charge in [-0.1, -0.05) is 48.2 Å². The lowest BCUT2D eigenvalue weighted by Gasteiger charge is -2.36. The van der Waals surface area contributed by atoms with E-state index in [0.29, 0.717) is 12.2 Å². The lowest BCUT2D eigenvalue weighted by molar-refractivity contribution is -0.384. The van der Waals surface area contributed by atoms with Crippen LogP contribution in [0.1, 0.15) is 11.1 Å². The summed E-state index contributed by atoms with van der Waals surface area (Å²) in [5.41, 5.74) is 4.76. The van der Waals surface area contributed by atoms with Crippen LogP contribution in [0.5, 0.6) is 0 Å². The largest absolute Gasteiger partial charge is 0.355 e. The lowest BCUT2D eigenvalue weighted by Crippen LogP contribution is -2.38. The van der Waals surface area contributed by atoms with E-state index in [1.165, 1.54) is 12.1 Å². The Balaban J connectivity index is 1.41. The van der Waals surface area contributed by atoms with Crippen LogP contribution in [0.15, 0.2) is 82.8 Å². The number of benzene rings is 3. The summed E-state index contributed by atoms with van der Waals surface area (Å²) in [6, 6.07) is 23.0. The maximum absolute atomic E-state index is 10.9. The molecule has 0 aliphatic carbocycles. The number of nitro groups is 1. The average Bonchev–Trinajstić information content (AvgIpc) is 3.34. The monoisotopic (exact) mass is 427 g/mol. The van der Waals surface area contributed by atoms with Gasteiger partial charge >= 0.3 is 0 Å². The molecule has 1 N–H and O–H groups in total. The summed E-state index contributed by atoms with van der Waals surface area (Å²) in [4.78, 5) is 22.7. The van der Waals surface area contributed by atoms with Crippen LogP contribution in [0.2, 0.25) is 0 Å². The maximum atomic E-state index is 10.9. The van der Waals surface area contributed by atoms with Crippen LogP contribution in [0.3, 0.4) is 0 Å². The minimum atomic E-state index is -0.481. The van der Waals surface area contributed by atoms with E-state index in [-0.39, 0.29) is 5.69 Å². The summed E-state index contributed by atoms with van der Waals surface area (Å²) in [5, 5.41) is 15.3. The van der Waals surface area contributed by atoms with Crippen molar-refractivity contribution in [2.24, 2.45) is 9.98 Å². The van der Waals surface area contributed by atoms with E-state index < -0.39 is 10.5 Å². The lowest BCUT2D eigenvalue weighted by atomic mass is 9.79. The van der Waals surface area contributed by atoms with Gasteiger partial charge in [0.15, 0.2) is 5.17 Å². The van der Waals surface area contributed by atoms with Gasteiger partial charge in [0.25, 0.3) is 5.69 Å². The zero-order chi connectivity index (χ0) is 21.0. The van der Waals surface area contributed by atoms with Crippen molar-refractivity contribution in [3.05, 3.63) is 94.0 Å². The van der Waals surface area contributed by atoms with Crippen molar-refractivity contribution >= 4 is 45.5 Å². The van der Waals surface area contributed by atoms with Crippen LogP contribution < -0.4 is 5.32 Å². The highest BCUT2D eigenvalue weighted by molar-refractivity contribution is 8.15. The maximum Gasteiger partial charge on any atom is 0.269 e. The van der Waals surface area contributed by atoms with E-state index in [1.54, 1.807) is 23.9 Å². The Morgan fingerprint density at radius 3 is 2.29 bits per heavy atom. The molecule has 7 nitrogen and oxygen atoms in total. The number of nitrogens with one attached hydrogen (secondary N) is 1. The number of anilines is 2. The molecule has 6 rings (SSSR count). The number of fused-ring (bicyclic) bond motifs is 5. The van der Waals surface area contributed by atoms with E-state index >= 15 is 0 Å². The van der Waals surface area contributed by atoms with E-state index in [9.17, 15) is 10.1 Å². The fourth-order valence-electron chi connectivity index (χ4n) is 4.47. The molecule has 3 aliphatic rings. The number of para-hydroxylation sites is 2. The molecule has 31 heavy (non-hydrogen) atoms. The molecule has 152 valence electrons. The molecule has 0 amide bonds. The number of nitro benzene ring substituents is 1. The van der Waals surface area contributed by atoms with Crippen LogP contribution in [-0.2, 0) is 5.54 Å². The molecule has 3 aliphatic heterocycles. The number of hydrogen-bond donors (Lipinski definition) is 1. The highest BCUT2D eigenvalue weighted by Crippen LogP contribution is 2.50. The minimum absolute atomic E-state index is 0.0633. The van der Waals surface area contributed by atoms with Gasteiger partial charge in [-0.25, -0.2) is 4.99 Å². The predicted octanol–water partition coefficient (Wildman–Crippen LogP) is 5.04. The van der Waals surface area contributed by atoms with Crippen molar-refractivity contribution in [2.75, 3.05) is 17.6 Å². The van der Waals surface area contributed by atoms with Gasteiger partial charge in [-0.05, 0) is 24.3 Å². The van der Waals surface area contributed by atoms with Crippen molar-refractivity contribution in [2.45, 2.75) is 5.54 Å². The van der Waals surface area contributed by atoms with Crippen molar-refractivity contribution in [1.82, 2.24) is 4.90 Å². The Labute approximate surface area is 182 Å². The van der Waals surface area contributed by atoms with E-state index in [4.69, 9.17) is 9.98 Å². The SMILES string of the molecule is O=[N+]([O-])c1ccc(N=C2SCC3=NC4(CN32)c2ccccc2Nc2ccccc24)cc1. The number of non-ortho nitro benzene ring substituents is 1. The summed E-state index contributed by atoms with van der Waals surface area (Å²) in [7, 11) is 0. The zero-order valence-electron chi connectivity index (χ0n) is 16.4. The third kappa shape index (κ3) is 2.75. The quantitative estimate of drug-likeness (QED) is 0.457. The first-order valence-electron chi connectivity index (χ1n) is 9.92. The molecule has 3 aromatic carbocycles. The minimum Gasteiger partial charge on any atom is -0.355 e. The van der Waals surface area contributed by atoms with E-state index in [1.807, 2.05) is 12.1 Å². The van der Waals surface area contributed by atoms with E-state index in [2.05, 4.69) is 46.6 Å². The summed E-state index contributed by atoms with van der Waals surface area (Å²) >= 11 is 1.65. The topological polar surface area (TPSA) is 83.1 Å². The molecule has 0 radical (unpaired) electrons. The molecule has 3 aromatic rings. The van der Waals surface area contributed by atoms with Crippen molar-refractivity contribution in [3.8, 4) is 0 Å². The van der Waals surface area contributed by atoms with Gasteiger partial charge in [0.1, 0.15) is 11.4 Å². The van der Waals surface area contributed by atoms with Crippen LogP contribution in [0, 0.1) is 10.1 Å². The van der Waals surface area contributed by atoms with Crippen LogP contribution >= 0.6 is 11.8 Å². The first-order valence-corrected chi connectivity index (χ1v) is 10.9. The summed E-state index contributed by atoms with van der Waals surface area (Å²) in [5.74, 6) is 1.77. The van der Waals surface area contributed by atoms with Gasteiger partial charge in [0.2, 0.25) is 0 Å². The second-order valence-electron chi connectivity index (χ2n) is 7.65. The normalized spacial score (nSPS) is 18.9. The van der Waals surface area contributed by atoms with Crippen LogP contribution in [-0.4, -0.2) is 33.1 Å².